The second-order valence-corrected chi connectivity index (χ2v) is 5.68. The SMILES string of the molecule is CN(Cc1ccoc1)c1cc(CNC2CC2)c(Cl)cn1. The second-order valence-electron chi connectivity index (χ2n) is 5.28. The monoisotopic (exact) mass is 291 g/mol. The fourth-order valence-electron chi connectivity index (χ4n) is 2.09. The summed E-state index contributed by atoms with van der Waals surface area (Å²) in [4.78, 5) is 6.48. The number of anilines is 1. The van der Waals surface area contributed by atoms with Gasteiger partial charge in [-0.15, -0.1) is 0 Å². The van der Waals surface area contributed by atoms with Crippen LogP contribution >= 0.6 is 11.6 Å². The fraction of sp³-hybridized carbons (Fsp3) is 0.400. The summed E-state index contributed by atoms with van der Waals surface area (Å²) in [5.41, 5.74) is 2.23. The number of hydrogen-bond acceptors (Lipinski definition) is 4. The Morgan fingerprint density at radius 1 is 1.50 bits per heavy atom. The van der Waals surface area contributed by atoms with E-state index < -0.39 is 0 Å². The van der Waals surface area contributed by atoms with E-state index in [0.29, 0.717) is 6.04 Å². The molecule has 4 nitrogen and oxygen atoms in total. The summed E-state index contributed by atoms with van der Waals surface area (Å²) < 4.78 is 5.09. The number of aromatic nitrogens is 1. The largest absolute Gasteiger partial charge is 0.472 e. The van der Waals surface area contributed by atoms with Crippen LogP contribution in [0.1, 0.15) is 24.0 Å². The Hall–Kier alpha value is -1.52. The van der Waals surface area contributed by atoms with Gasteiger partial charge in [0.15, 0.2) is 0 Å². The van der Waals surface area contributed by atoms with Crippen LogP contribution in [-0.2, 0) is 13.1 Å². The van der Waals surface area contributed by atoms with Gasteiger partial charge in [-0.3, -0.25) is 0 Å². The molecule has 106 valence electrons. The summed E-state index contributed by atoms with van der Waals surface area (Å²) in [7, 11) is 2.02. The first-order chi connectivity index (χ1) is 9.72. The molecule has 0 amide bonds. The maximum atomic E-state index is 6.21. The van der Waals surface area contributed by atoms with Gasteiger partial charge in [0, 0.05) is 37.9 Å². The number of nitrogens with zero attached hydrogens (tertiary/aromatic N) is 2. The first-order valence-electron chi connectivity index (χ1n) is 6.82. The smallest absolute Gasteiger partial charge is 0.128 e. The van der Waals surface area contributed by atoms with E-state index in [0.717, 1.165) is 35.1 Å². The van der Waals surface area contributed by atoms with Crippen LogP contribution in [-0.4, -0.2) is 18.1 Å². The Morgan fingerprint density at radius 3 is 3.05 bits per heavy atom. The van der Waals surface area contributed by atoms with E-state index in [1.807, 2.05) is 13.1 Å². The molecule has 2 heterocycles. The van der Waals surface area contributed by atoms with E-state index in [9.17, 15) is 0 Å². The molecular formula is C15H18ClN3O. The van der Waals surface area contributed by atoms with E-state index in [4.69, 9.17) is 16.0 Å². The van der Waals surface area contributed by atoms with Gasteiger partial charge in [-0.2, -0.15) is 0 Å². The number of hydrogen-bond donors (Lipinski definition) is 1. The fourth-order valence-corrected chi connectivity index (χ4v) is 2.26. The summed E-state index contributed by atoms with van der Waals surface area (Å²) in [6.07, 6.45) is 7.71. The molecule has 0 aromatic carbocycles. The highest BCUT2D eigenvalue weighted by Crippen LogP contribution is 2.24. The van der Waals surface area contributed by atoms with Gasteiger partial charge in [0.25, 0.3) is 0 Å². The van der Waals surface area contributed by atoms with Gasteiger partial charge in [0.05, 0.1) is 17.5 Å². The molecular weight excluding hydrogens is 274 g/mol. The van der Waals surface area contributed by atoms with Crippen molar-refractivity contribution in [1.29, 1.82) is 0 Å². The van der Waals surface area contributed by atoms with Gasteiger partial charge >= 0.3 is 0 Å². The van der Waals surface area contributed by atoms with E-state index in [1.165, 1.54) is 12.8 Å². The van der Waals surface area contributed by atoms with Crippen LogP contribution in [0.5, 0.6) is 0 Å². The normalized spacial score (nSPS) is 14.5. The number of nitrogens with one attached hydrogen (secondary N) is 1. The number of rotatable bonds is 6. The van der Waals surface area contributed by atoms with Crippen molar-refractivity contribution in [1.82, 2.24) is 10.3 Å². The van der Waals surface area contributed by atoms with Gasteiger partial charge in [0.1, 0.15) is 5.82 Å². The van der Waals surface area contributed by atoms with E-state index in [1.54, 1.807) is 18.7 Å². The lowest BCUT2D eigenvalue weighted by Crippen LogP contribution is -2.19. The highest BCUT2D eigenvalue weighted by atomic mass is 35.5. The minimum absolute atomic E-state index is 0.673. The van der Waals surface area contributed by atoms with Crippen LogP contribution in [0.25, 0.3) is 0 Å². The minimum atomic E-state index is 0.673. The molecule has 2 aromatic rings. The number of halogens is 1. The Balaban J connectivity index is 1.69. The van der Waals surface area contributed by atoms with Crippen LogP contribution in [0.2, 0.25) is 5.02 Å². The average Bonchev–Trinajstić information content (AvgIpc) is 3.14. The summed E-state index contributed by atoms with van der Waals surface area (Å²) in [5.74, 6) is 0.920. The lowest BCUT2D eigenvalue weighted by atomic mass is 10.2. The van der Waals surface area contributed by atoms with Gasteiger partial charge in [-0.25, -0.2) is 4.98 Å². The third-order valence-electron chi connectivity index (χ3n) is 3.47. The van der Waals surface area contributed by atoms with Crippen molar-refractivity contribution < 1.29 is 4.42 Å². The first kappa shape index (κ1) is 13.5. The lowest BCUT2D eigenvalue weighted by molar-refractivity contribution is 0.563. The van der Waals surface area contributed by atoms with Crippen molar-refractivity contribution in [2.75, 3.05) is 11.9 Å². The van der Waals surface area contributed by atoms with Gasteiger partial charge < -0.3 is 14.6 Å². The molecule has 5 heteroatoms. The molecule has 1 N–H and O–H groups in total. The molecule has 0 bridgehead atoms. The molecule has 1 aliphatic rings. The van der Waals surface area contributed by atoms with Crippen molar-refractivity contribution in [3.8, 4) is 0 Å². The topological polar surface area (TPSA) is 41.3 Å². The molecule has 20 heavy (non-hydrogen) atoms. The van der Waals surface area contributed by atoms with Crippen LogP contribution in [0.4, 0.5) is 5.82 Å². The zero-order chi connectivity index (χ0) is 13.9. The van der Waals surface area contributed by atoms with Crippen LogP contribution in [0.3, 0.4) is 0 Å². The predicted molar refractivity (Wildman–Crippen MR) is 79.9 cm³/mol. The zero-order valence-corrected chi connectivity index (χ0v) is 12.2. The number of furan rings is 1. The Kier molecular flexibility index (Phi) is 3.94. The average molecular weight is 292 g/mol. The standard InChI is InChI=1S/C15H18ClN3O/c1-19(9-11-4-5-20-10-11)15-6-12(14(16)8-18-15)7-17-13-2-3-13/h4-6,8,10,13,17H,2-3,7,9H2,1H3. The second kappa shape index (κ2) is 5.85. The van der Waals surface area contributed by atoms with E-state index in [2.05, 4.69) is 21.3 Å². The summed E-state index contributed by atoms with van der Waals surface area (Å²) in [6, 6.07) is 4.69. The lowest BCUT2D eigenvalue weighted by Gasteiger charge is -2.18. The molecule has 3 rings (SSSR count). The molecule has 0 aliphatic heterocycles. The molecule has 0 spiro atoms. The molecule has 1 saturated carbocycles. The number of pyridine rings is 1. The molecule has 0 atom stereocenters. The highest BCUT2D eigenvalue weighted by molar-refractivity contribution is 6.31. The van der Waals surface area contributed by atoms with Crippen molar-refractivity contribution in [2.45, 2.75) is 32.0 Å². The summed E-state index contributed by atoms with van der Waals surface area (Å²) in [5, 5.41) is 4.20. The molecule has 0 unspecified atom stereocenters. The first-order valence-corrected chi connectivity index (χ1v) is 7.20. The summed E-state index contributed by atoms with van der Waals surface area (Å²) in [6.45, 7) is 1.57. The third kappa shape index (κ3) is 3.32. The Labute approximate surface area is 123 Å². The third-order valence-corrected chi connectivity index (χ3v) is 3.81. The Bertz CT molecular complexity index is 567. The Morgan fingerprint density at radius 2 is 2.35 bits per heavy atom. The van der Waals surface area contributed by atoms with E-state index in [-0.39, 0.29) is 0 Å². The van der Waals surface area contributed by atoms with Gasteiger partial charge in [0.2, 0.25) is 0 Å². The molecule has 0 radical (unpaired) electrons. The van der Waals surface area contributed by atoms with Gasteiger partial charge in [-0.05, 0) is 30.5 Å². The van der Waals surface area contributed by atoms with Crippen molar-refractivity contribution in [2.24, 2.45) is 0 Å². The van der Waals surface area contributed by atoms with E-state index >= 15 is 0 Å². The molecule has 2 aromatic heterocycles. The summed E-state index contributed by atoms with van der Waals surface area (Å²) >= 11 is 6.21. The predicted octanol–water partition coefficient (Wildman–Crippen LogP) is 3.22. The van der Waals surface area contributed by atoms with Gasteiger partial charge in [-0.1, -0.05) is 11.6 Å². The maximum absolute atomic E-state index is 6.21. The van der Waals surface area contributed by atoms with Crippen molar-refractivity contribution in [3.63, 3.8) is 0 Å². The molecule has 1 fully saturated rings. The van der Waals surface area contributed by atoms with Crippen LogP contribution in [0.15, 0.2) is 35.3 Å². The highest BCUT2D eigenvalue weighted by Gasteiger charge is 2.20. The zero-order valence-electron chi connectivity index (χ0n) is 11.5. The quantitative estimate of drug-likeness (QED) is 0.887. The van der Waals surface area contributed by atoms with Crippen molar-refractivity contribution in [3.05, 3.63) is 47.0 Å². The minimum Gasteiger partial charge on any atom is -0.472 e. The maximum Gasteiger partial charge on any atom is 0.128 e. The molecule has 0 saturated heterocycles. The van der Waals surface area contributed by atoms with Crippen molar-refractivity contribution >= 4 is 17.4 Å². The van der Waals surface area contributed by atoms with Crippen LogP contribution < -0.4 is 10.2 Å². The molecule has 1 aliphatic carbocycles. The van der Waals surface area contributed by atoms with Crippen LogP contribution in [0, 0.1) is 0 Å².